The van der Waals surface area contributed by atoms with E-state index in [1.165, 1.54) is 6.42 Å². The second kappa shape index (κ2) is 6.64. The highest BCUT2D eigenvalue weighted by molar-refractivity contribution is 6.07. The lowest BCUT2D eigenvalue weighted by molar-refractivity contribution is -0.148. The normalized spacial score (nSPS) is 30.8. The summed E-state index contributed by atoms with van der Waals surface area (Å²) in [5, 5.41) is 21.5. The lowest BCUT2D eigenvalue weighted by atomic mass is 9.61. The Morgan fingerprint density at radius 1 is 1.33 bits per heavy atom. The van der Waals surface area contributed by atoms with E-state index in [0.29, 0.717) is 25.3 Å². The van der Waals surface area contributed by atoms with Gasteiger partial charge in [-0.25, -0.2) is 0 Å². The highest BCUT2D eigenvalue weighted by Gasteiger charge is 2.54. The topological polar surface area (TPSA) is 99.2 Å². The van der Waals surface area contributed by atoms with E-state index in [1.54, 1.807) is 4.90 Å². The smallest absolute Gasteiger partial charge is 0.236 e. The molecule has 6 heteroatoms. The number of carbonyl (C=O) groups excluding carboxylic acids is 1. The first-order valence-electron chi connectivity index (χ1n) is 7.95. The average Bonchev–Trinajstić information content (AvgIpc) is 2.48. The molecule has 6 nitrogen and oxygen atoms in total. The zero-order valence-corrected chi connectivity index (χ0v) is 12.8. The zero-order chi connectivity index (χ0) is 15.5. The van der Waals surface area contributed by atoms with Crippen LogP contribution in [0.3, 0.4) is 0 Å². The third kappa shape index (κ3) is 3.00. The van der Waals surface area contributed by atoms with Crippen LogP contribution < -0.4 is 5.73 Å². The van der Waals surface area contributed by atoms with Crippen molar-refractivity contribution in [3.8, 4) is 0 Å². The number of nitrogens with two attached hydrogens (primary N) is 1. The molecule has 0 saturated heterocycles. The first kappa shape index (κ1) is 16.1. The van der Waals surface area contributed by atoms with Gasteiger partial charge in [-0.3, -0.25) is 4.79 Å². The number of aliphatic hydroxyl groups excluding tert-OH is 1. The van der Waals surface area contributed by atoms with Crippen LogP contribution in [0.15, 0.2) is 5.16 Å². The van der Waals surface area contributed by atoms with E-state index in [1.807, 2.05) is 0 Å². The molecule has 0 bridgehead atoms. The molecule has 2 rings (SSSR count). The van der Waals surface area contributed by atoms with Crippen molar-refractivity contribution in [2.75, 3.05) is 13.2 Å². The highest BCUT2D eigenvalue weighted by atomic mass is 16.4. The molecule has 2 saturated carbocycles. The van der Waals surface area contributed by atoms with Gasteiger partial charge in [0.1, 0.15) is 5.41 Å². The maximum atomic E-state index is 13.0. The summed E-state index contributed by atoms with van der Waals surface area (Å²) in [6.07, 6.45) is 6.65. The van der Waals surface area contributed by atoms with Crippen LogP contribution in [0.5, 0.6) is 0 Å². The summed E-state index contributed by atoms with van der Waals surface area (Å²) in [5.41, 5.74) is 4.97. The Morgan fingerprint density at radius 2 is 1.95 bits per heavy atom. The van der Waals surface area contributed by atoms with Gasteiger partial charge in [0.2, 0.25) is 5.91 Å². The predicted octanol–water partition coefficient (Wildman–Crippen LogP) is 1.30. The molecule has 0 heterocycles. The molecule has 21 heavy (non-hydrogen) atoms. The first-order chi connectivity index (χ1) is 10.0. The summed E-state index contributed by atoms with van der Waals surface area (Å²) in [6, 6.07) is 0.178. The van der Waals surface area contributed by atoms with E-state index in [2.05, 4.69) is 12.1 Å². The number of nitrogens with zero attached hydrogens (tertiary/aromatic N) is 2. The largest absolute Gasteiger partial charge is 0.409 e. The van der Waals surface area contributed by atoms with Gasteiger partial charge >= 0.3 is 0 Å². The number of amidine groups is 1. The van der Waals surface area contributed by atoms with Crippen LogP contribution in [0.2, 0.25) is 0 Å². The van der Waals surface area contributed by atoms with Gasteiger partial charge in [-0.05, 0) is 31.6 Å². The van der Waals surface area contributed by atoms with Gasteiger partial charge in [0, 0.05) is 12.6 Å². The third-order valence-corrected chi connectivity index (χ3v) is 5.02. The van der Waals surface area contributed by atoms with Gasteiger partial charge in [0.05, 0.1) is 6.61 Å². The summed E-state index contributed by atoms with van der Waals surface area (Å²) in [6.45, 7) is 2.34. The standard InChI is InChI=1S/C15H27N3O3/c1-11-9-15(10-11,13(16)17-21)14(20)18(7-8-19)12-5-3-2-4-6-12/h11-12,19,21H,2-10H2,1H3,(H2,16,17). The van der Waals surface area contributed by atoms with Crippen LogP contribution in [0.25, 0.3) is 0 Å². The minimum Gasteiger partial charge on any atom is -0.409 e. The summed E-state index contributed by atoms with van der Waals surface area (Å²) >= 11 is 0. The molecule has 120 valence electrons. The number of amides is 1. The fourth-order valence-corrected chi connectivity index (χ4v) is 3.94. The Labute approximate surface area is 126 Å². The van der Waals surface area contributed by atoms with Gasteiger partial charge in [-0.15, -0.1) is 0 Å². The van der Waals surface area contributed by atoms with Crippen molar-refractivity contribution in [1.29, 1.82) is 0 Å². The van der Waals surface area contributed by atoms with E-state index in [4.69, 9.17) is 10.9 Å². The van der Waals surface area contributed by atoms with E-state index < -0.39 is 5.41 Å². The van der Waals surface area contributed by atoms with Gasteiger partial charge in [-0.2, -0.15) is 0 Å². The van der Waals surface area contributed by atoms with Gasteiger partial charge in [-0.1, -0.05) is 31.3 Å². The number of carbonyl (C=O) groups is 1. The van der Waals surface area contributed by atoms with Crippen LogP contribution in [-0.4, -0.2) is 46.1 Å². The average molecular weight is 297 g/mol. The Bertz CT molecular complexity index is 399. The van der Waals surface area contributed by atoms with Crippen LogP contribution in [0.1, 0.15) is 51.9 Å². The third-order valence-electron chi connectivity index (χ3n) is 5.02. The molecular weight excluding hydrogens is 270 g/mol. The van der Waals surface area contributed by atoms with E-state index in [0.717, 1.165) is 25.7 Å². The molecule has 0 aromatic carbocycles. The van der Waals surface area contributed by atoms with E-state index in [9.17, 15) is 9.90 Å². The second-order valence-corrected chi connectivity index (χ2v) is 6.59. The lowest BCUT2D eigenvalue weighted by Gasteiger charge is -2.48. The molecule has 0 radical (unpaired) electrons. The van der Waals surface area contributed by atoms with Gasteiger partial charge in [0.25, 0.3) is 0 Å². The monoisotopic (exact) mass is 297 g/mol. The number of hydrogen-bond acceptors (Lipinski definition) is 4. The van der Waals surface area contributed by atoms with Gasteiger partial charge < -0.3 is 20.9 Å². The molecule has 2 aliphatic carbocycles. The quantitative estimate of drug-likeness (QED) is 0.308. The van der Waals surface area contributed by atoms with Crippen molar-refractivity contribution in [3.05, 3.63) is 0 Å². The number of rotatable bonds is 5. The highest BCUT2D eigenvalue weighted by Crippen LogP contribution is 2.47. The molecule has 1 amide bonds. The van der Waals surface area contributed by atoms with Crippen LogP contribution in [0, 0.1) is 11.3 Å². The van der Waals surface area contributed by atoms with E-state index in [-0.39, 0.29) is 24.4 Å². The number of oxime groups is 1. The van der Waals surface area contributed by atoms with Crippen molar-refractivity contribution < 1.29 is 15.1 Å². The fourth-order valence-electron chi connectivity index (χ4n) is 3.94. The van der Waals surface area contributed by atoms with Crippen molar-refractivity contribution in [3.63, 3.8) is 0 Å². The molecule has 0 aromatic heterocycles. The summed E-state index contributed by atoms with van der Waals surface area (Å²) in [7, 11) is 0. The maximum Gasteiger partial charge on any atom is 0.236 e. The van der Waals surface area contributed by atoms with Crippen molar-refractivity contribution in [2.24, 2.45) is 22.2 Å². The molecule has 0 aliphatic heterocycles. The van der Waals surface area contributed by atoms with E-state index >= 15 is 0 Å². The predicted molar refractivity (Wildman–Crippen MR) is 79.9 cm³/mol. The lowest BCUT2D eigenvalue weighted by Crippen LogP contribution is -2.60. The SMILES string of the molecule is CC1CC(C(=O)N(CCO)C2CCCCC2)(C(N)=NO)C1. The summed E-state index contributed by atoms with van der Waals surface area (Å²) in [5.74, 6) is 0.345. The molecule has 0 unspecified atom stereocenters. The minimum atomic E-state index is -0.860. The van der Waals surface area contributed by atoms with Crippen molar-refractivity contribution in [2.45, 2.75) is 57.9 Å². The van der Waals surface area contributed by atoms with Crippen LogP contribution >= 0.6 is 0 Å². The van der Waals surface area contributed by atoms with Crippen LogP contribution in [0.4, 0.5) is 0 Å². The molecule has 2 fully saturated rings. The van der Waals surface area contributed by atoms with Crippen molar-refractivity contribution in [1.82, 2.24) is 4.90 Å². The molecule has 2 aliphatic rings. The van der Waals surface area contributed by atoms with Gasteiger partial charge in [0.15, 0.2) is 5.84 Å². The Hall–Kier alpha value is -1.30. The second-order valence-electron chi connectivity index (χ2n) is 6.59. The number of aliphatic hydroxyl groups is 1. The summed E-state index contributed by atoms with van der Waals surface area (Å²) in [4.78, 5) is 14.8. The Balaban J connectivity index is 2.19. The zero-order valence-electron chi connectivity index (χ0n) is 12.8. The summed E-state index contributed by atoms with van der Waals surface area (Å²) < 4.78 is 0. The number of hydrogen-bond donors (Lipinski definition) is 3. The molecular formula is C15H27N3O3. The minimum absolute atomic E-state index is 0.0179. The van der Waals surface area contributed by atoms with Crippen LogP contribution in [-0.2, 0) is 4.79 Å². The molecule has 0 atom stereocenters. The molecule has 0 spiro atoms. The van der Waals surface area contributed by atoms with Crippen molar-refractivity contribution >= 4 is 11.7 Å². The Morgan fingerprint density at radius 3 is 2.43 bits per heavy atom. The molecule has 0 aromatic rings. The Kier molecular flexibility index (Phi) is 5.08. The maximum absolute atomic E-state index is 13.0. The fraction of sp³-hybridized carbons (Fsp3) is 0.867. The first-order valence-corrected chi connectivity index (χ1v) is 7.95. The molecule has 4 N–H and O–H groups in total.